The van der Waals surface area contributed by atoms with E-state index < -0.39 is 0 Å². The Morgan fingerprint density at radius 3 is 3.05 bits per heavy atom. The Morgan fingerprint density at radius 2 is 2.25 bits per heavy atom. The van der Waals surface area contributed by atoms with Gasteiger partial charge in [-0.05, 0) is 53.8 Å². The number of hydrogen-bond acceptors (Lipinski definition) is 3. The van der Waals surface area contributed by atoms with E-state index in [1.165, 1.54) is 21.2 Å². The molecule has 1 N–H and O–H groups in total. The van der Waals surface area contributed by atoms with E-state index in [-0.39, 0.29) is 0 Å². The van der Waals surface area contributed by atoms with Gasteiger partial charge in [-0.3, -0.25) is 0 Å². The van der Waals surface area contributed by atoms with Gasteiger partial charge in [-0.15, -0.1) is 11.3 Å². The number of rotatable bonds is 5. The highest BCUT2D eigenvalue weighted by molar-refractivity contribution is 7.17. The average molecular weight is 287 g/mol. The molecule has 0 spiro atoms. The quantitative estimate of drug-likeness (QED) is 0.865. The summed E-state index contributed by atoms with van der Waals surface area (Å²) in [5, 5.41) is 7.36. The van der Waals surface area contributed by atoms with Crippen molar-refractivity contribution in [3.05, 3.63) is 47.0 Å². The zero-order valence-corrected chi connectivity index (χ0v) is 12.7. The monoisotopic (exact) mass is 287 g/mol. The molecule has 0 radical (unpaired) electrons. The summed E-state index contributed by atoms with van der Waals surface area (Å²) in [5.74, 6) is 0. The molecule has 0 bridgehead atoms. The predicted octanol–water partition coefficient (Wildman–Crippen LogP) is 4.64. The Hall–Kier alpha value is -1.32. The summed E-state index contributed by atoms with van der Waals surface area (Å²) in [5.41, 5.74) is 2.78. The van der Waals surface area contributed by atoms with Crippen molar-refractivity contribution in [3.63, 3.8) is 0 Å². The van der Waals surface area contributed by atoms with Gasteiger partial charge in [-0.1, -0.05) is 25.1 Å². The molecule has 0 amide bonds. The second-order valence-corrected chi connectivity index (χ2v) is 6.15. The van der Waals surface area contributed by atoms with Gasteiger partial charge < -0.3 is 10.1 Å². The second-order valence-electron chi connectivity index (χ2n) is 5.24. The minimum atomic E-state index is 0.298. The minimum Gasteiger partial charge on any atom is -0.501 e. The third-order valence-corrected chi connectivity index (χ3v) is 4.74. The summed E-state index contributed by atoms with van der Waals surface area (Å²) in [6.45, 7) is 4.10. The van der Waals surface area contributed by atoms with Gasteiger partial charge in [0, 0.05) is 4.70 Å². The lowest BCUT2D eigenvalue weighted by atomic mass is 9.95. The Balaban J connectivity index is 1.97. The second kappa shape index (κ2) is 6.42. The van der Waals surface area contributed by atoms with Crippen LogP contribution in [0.5, 0.6) is 0 Å². The van der Waals surface area contributed by atoms with Gasteiger partial charge in [-0.25, -0.2) is 0 Å². The number of nitrogens with one attached hydrogen (secondary N) is 1. The SMILES string of the molecule is CCCNC(C1=COCCC1)c1csc2ccccc12. The van der Waals surface area contributed by atoms with Gasteiger partial charge in [0.2, 0.25) is 0 Å². The summed E-state index contributed by atoms with van der Waals surface area (Å²) in [7, 11) is 0. The van der Waals surface area contributed by atoms with Crippen molar-refractivity contribution in [1.82, 2.24) is 5.32 Å². The number of hydrogen-bond donors (Lipinski definition) is 1. The summed E-state index contributed by atoms with van der Waals surface area (Å²) in [6.07, 6.45) is 5.37. The van der Waals surface area contributed by atoms with Gasteiger partial charge >= 0.3 is 0 Å². The average Bonchev–Trinajstić information content (AvgIpc) is 2.93. The summed E-state index contributed by atoms with van der Waals surface area (Å²) >= 11 is 1.83. The van der Waals surface area contributed by atoms with Gasteiger partial charge in [-0.2, -0.15) is 0 Å². The molecule has 1 aliphatic rings. The van der Waals surface area contributed by atoms with Crippen LogP contribution in [-0.2, 0) is 4.74 Å². The highest BCUT2D eigenvalue weighted by Gasteiger charge is 2.21. The molecule has 2 heterocycles. The van der Waals surface area contributed by atoms with Crippen LogP contribution in [0, 0.1) is 0 Å². The van der Waals surface area contributed by atoms with Gasteiger partial charge in [0.25, 0.3) is 0 Å². The standard InChI is InChI=1S/C17H21NOS/c1-2-9-18-17(13-6-5-10-19-11-13)15-12-20-16-8-4-3-7-14(15)16/h3-4,7-8,11-12,17-18H,2,5-6,9-10H2,1H3. The predicted molar refractivity (Wildman–Crippen MR) is 86.1 cm³/mol. The molecule has 2 aromatic rings. The molecule has 20 heavy (non-hydrogen) atoms. The normalized spacial score (nSPS) is 16.8. The number of fused-ring (bicyclic) bond motifs is 1. The van der Waals surface area contributed by atoms with Gasteiger partial charge in [0.1, 0.15) is 0 Å². The Morgan fingerprint density at radius 1 is 1.35 bits per heavy atom. The van der Waals surface area contributed by atoms with Crippen molar-refractivity contribution >= 4 is 21.4 Å². The third kappa shape index (κ3) is 2.74. The van der Waals surface area contributed by atoms with Crippen molar-refractivity contribution < 1.29 is 4.74 Å². The smallest absolute Gasteiger partial charge is 0.0876 e. The molecule has 3 rings (SSSR count). The first-order chi connectivity index (χ1) is 9.90. The molecular weight excluding hydrogens is 266 g/mol. The van der Waals surface area contributed by atoms with E-state index in [9.17, 15) is 0 Å². The highest BCUT2D eigenvalue weighted by atomic mass is 32.1. The van der Waals surface area contributed by atoms with Crippen LogP contribution in [0.1, 0.15) is 37.8 Å². The largest absolute Gasteiger partial charge is 0.501 e. The van der Waals surface area contributed by atoms with Crippen LogP contribution in [0.15, 0.2) is 41.5 Å². The van der Waals surface area contributed by atoms with E-state index in [0.717, 1.165) is 32.4 Å². The van der Waals surface area contributed by atoms with Crippen LogP contribution in [-0.4, -0.2) is 13.2 Å². The molecule has 1 aliphatic heterocycles. The summed E-state index contributed by atoms with van der Waals surface area (Å²) in [4.78, 5) is 0. The maximum atomic E-state index is 5.55. The first kappa shape index (κ1) is 13.7. The van der Waals surface area contributed by atoms with Crippen LogP contribution in [0.2, 0.25) is 0 Å². The van der Waals surface area contributed by atoms with E-state index in [0.29, 0.717) is 6.04 Å². The lowest BCUT2D eigenvalue weighted by Crippen LogP contribution is -2.25. The topological polar surface area (TPSA) is 21.3 Å². The van der Waals surface area contributed by atoms with E-state index >= 15 is 0 Å². The number of ether oxygens (including phenoxy) is 1. The maximum absolute atomic E-state index is 5.55. The molecular formula is C17H21NOS. The van der Waals surface area contributed by atoms with E-state index in [1.807, 2.05) is 17.6 Å². The molecule has 1 aromatic carbocycles. The molecule has 1 unspecified atom stereocenters. The third-order valence-electron chi connectivity index (χ3n) is 3.75. The molecule has 0 saturated carbocycles. The molecule has 0 fully saturated rings. The minimum absolute atomic E-state index is 0.298. The fraction of sp³-hybridized carbons (Fsp3) is 0.412. The molecule has 0 saturated heterocycles. The highest BCUT2D eigenvalue weighted by Crippen LogP contribution is 2.35. The lowest BCUT2D eigenvalue weighted by molar-refractivity contribution is 0.219. The fourth-order valence-corrected chi connectivity index (χ4v) is 3.74. The number of benzene rings is 1. The van der Waals surface area contributed by atoms with Crippen LogP contribution in [0.25, 0.3) is 10.1 Å². The molecule has 106 valence electrons. The van der Waals surface area contributed by atoms with Gasteiger partial charge in [0.05, 0.1) is 18.9 Å². The van der Waals surface area contributed by atoms with Crippen LogP contribution in [0.3, 0.4) is 0 Å². The number of thiophene rings is 1. The van der Waals surface area contributed by atoms with Crippen LogP contribution >= 0.6 is 11.3 Å². The lowest BCUT2D eigenvalue weighted by Gasteiger charge is -2.24. The van der Waals surface area contributed by atoms with Crippen molar-refractivity contribution in [2.75, 3.05) is 13.2 Å². The Kier molecular flexibility index (Phi) is 4.38. The van der Waals surface area contributed by atoms with Crippen molar-refractivity contribution in [1.29, 1.82) is 0 Å². The zero-order chi connectivity index (χ0) is 13.8. The molecule has 1 aromatic heterocycles. The first-order valence-corrected chi connectivity index (χ1v) is 8.28. The molecule has 3 heteroatoms. The van der Waals surface area contributed by atoms with E-state index in [1.54, 1.807) is 0 Å². The van der Waals surface area contributed by atoms with Crippen molar-refractivity contribution in [2.24, 2.45) is 0 Å². The van der Waals surface area contributed by atoms with Crippen LogP contribution in [0.4, 0.5) is 0 Å². The molecule has 1 atom stereocenters. The van der Waals surface area contributed by atoms with Gasteiger partial charge in [0.15, 0.2) is 0 Å². The molecule has 2 nitrogen and oxygen atoms in total. The van der Waals surface area contributed by atoms with E-state index in [2.05, 4.69) is 41.9 Å². The Bertz CT molecular complexity index is 602. The van der Waals surface area contributed by atoms with E-state index in [4.69, 9.17) is 4.74 Å². The summed E-state index contributed by atoms with van der Waals surface area (Å²) in [6, 6.07) is 8.96. The first-order valence-electron chi connectivity index (χ1n) is 7.40. The van der Waals surface area contributed by atoms with Crippen molar-refractivity contribution in [3.8, 4) is 0 Å². The summed E-state index contributed by atoms with van der Waals surface area (Å²) < 4.78 is 6.92. The zero-order valence-electron chi connectivity index (χ0n) is 11.9. The van der Waals surface area contributed by atoms with Crippen molar-refractivity contribution in [2.45, 2.75) is 32.2 Å². The molecule has 0 aliphatic carbocycles. The maximum Gasteiger partial charge on any atom is 0.0876 e. The van der Waals surface area contributed by atoms with Crippen LogP contribution < -0.4 is 5.32 Å². The Labute approximate surface area is 124 Å². The fourth-order valence-electron chi connectivity index (χ4n) is 2.75.